The fourth-order valence-electron chi connectivity index (χ4n) is 4.33. The number of methoxy groups -OCH3 is 1. The minimum Gasteiger partial charge on any atom is -0.495 e. The van der Waals surface area contributed by atoms with Gasteiger partial charge in [0.25, 0.3) is 11.5 Å². The van der Waals surface area contributed by atoms with Gasteiger partial charge in [0.2, 0.25) is 0 Å². The average molecular weight is 488 g/mol. The highest BCUT2D eigenvalue weighted by molar-refractivity contribution is 5.94. The van der Waals surface area contributed by atoms with Crippen molar-refractivity contribution in [3.05, 3.63) is 99.9 Å². The number of rotatable bonds is 8. The number of amides is 1. The zero-order valence-corrected chi connectivity index (χ0v) is 21.0. The number of para-hydroxylation sites is 1. The molecule has 0 aliphatic heterocycles. The van der Waals surface area contributed by atoms with Crippen molar-refractivity contribution in [2.75, 3.05) is 13.7 Å². The number of hydrogen-bond donors (Lipinski definition) is 0. The van der Waals surface area contributed by atoms with E-state index >= 15 is 0 Å². The van der Waals surface area contributed by atoms with Gasteiger partial charge in [-0.05, 0) is 74.4 Å². The van der Waals surface area contributed by atoms with E-state index in [9.17, 15) is 14.0 Å². The van der Waals surface area contributed by atoms with Crippen molar-refractivity contribution < 1.29 is 13.9 Å². The van der Waals surface area contributed by atoms with Crippen molar-refractivity contribution in [3.63, 3.8) is 0 Å². The lowest BCUT2D eigenvalue weighted by atomic mass is 10.1. The van der Waals surface area contributed by atoms with Crippen molar-refractivity contribution >= 4 is 16.8 Å². The van der Waals surface area contributed by atoms with Gasteiger partial charge in [0.05, 0.1) is 29.7 Å². The van der Waals surface area contributed by atoms with E-state index in [4.69, 9.17) is 9.72 Å². The normalized spacial score (nSPS) is 11.9. The Morgan fingerprint density at radius 3 is 2.53 bits per heavy atom. The van der Waals surface area contributed by atoms with E-state index in [1.54, 1.807) is 34.8 Å². The largest absolute Gasteiger partial charge is 0.495 e. The molecule has 4 aromatic rings. The minimum absolute atomic E-state index is 0.240. The van der Waals surface area contributed by atoms with Gasteiger partial charge in [-0.2, -0.15) is 0 Å². The minimum atomic E-state index is -0.559. The third-order valence-electron chi connectivity index (χ3n) is 6.32. The number of nitrogens with zero attached hydrogens (tertiary/aromatic N) is 3. The lowest BCUT2D eigenvalue weighted by Crippen LogP contribution is -2.38. The van der Waals surface area contributed by atoms with Gasteiger partial charge < -0.3 is 9.64 Å². The molecule has 0 aliphatic rings. The van der Waals surface area contributed by atoms with Crippen LogP contribution in [0.5, 0.6) is 5.75 Å². The first kappa shape index (κ1) is 25.1. The SMILES string of the molecule is CCCCN(C(=O)c1ccc(F)cc1)C(C)c1nc2ccccc2c(=O)n1-c1cc(C)ccc1OC. The highest BCUT2D eigenvalue weighted by Crippen LogP contribution is 2.29. The Hall–Kier alpha value is -4.00. The number of carbonyl (C=O) groups excluding carboxylic acids is 1. The molecule has 0 N–H and O–H groups in total. The van der Waals surface area contributed by atoms with Crippen LogP contribution in [-0.2, 0) is 0 Å². The molecular formula is C29H30FN3O3. The van der Waals surface area contributed by atoms with Crippen molar-refractivity contribution in [3.8, 4) is 11.4 Å². The summed E-state index contributed by atoms with van der Waals surface area (Å²) in [4.78, 5) is 34.1. The lowest BCUT2D eigenvalue weighted by molar-refractivity contribution is 0.0678. The summed E-state index contributed by atoms with van der Waals surface area (Å²) in [6.07, 6.45) is 1.65. The zero-order chi connectivity index (χ0) is 25.8. The van der Waals surface area contributed by atoms with Gasteiger partial charge in [-0.25, -0.2) is 9.37 Å². The van der Waals surface area contributed by atoms with Crippen molar-refractivity contribution in [2.24, 2.45) is 0 Å². The number of hydrogen-bond acceptors (Lipinski definition) is 4. The van der Waals surface area contributed by atoms with Gasteiger partial charge in [0.15, 0.2) is 0 Å². The smallest absolute Gasteiger partial charge is 0.266 e. The molecule has 3 aromatic carbocycles. The monoisotopic (exact) mass is 487 g/mol. The number of fused-ring (bicyclic) bond motifs is 1. The van der Waals surface area contributed by atoms with Crippen LogP contribution < -0.4 is 10.3 Å². The van der Waals surface area contributed by atoms with Crippen LogP contribution in [0.15, 0.2) is 71.5 Å². The Morgan fingerprint density at radius 1 is 1.11 bits per heavy atom. The second-order valence-corrected chi connectivity index (χ2v) is 8.84. The van der Waals surface area contributed by atoms with Crippen LogP contribution in [0.4, 0.5) is 4.39 Å². The summed E-state index contributed by atoms with van der Waals surface area (Å²) in [5, 5.41) is 0.474. The maximum absolute atomic E-state index is 13.9. The number of aryl methyl sites for hydroxylation is 1. The Balaban J connectivity index is 1.95. The number of halogens is 1. The molecule has 186 valence electrons. The van der Waals surface area contributed by atoms with Crippen LogP contribution in [0, 0.1) is 12.7 Å². The molecule has 0 bridgehead atoms. The van der Waals surface area contributed by atoms with Crippen molar-refractivity contribution in [2.45, 2.75) is 39.7 Å². The molecule has 36 heavy (non-hydrogen) atoms. The lowest BCUT2D eigenvalue weighted by Gasteiger charge is -2.31. The molecule has 1 amide bonds. The molecule has 7 heteroatoms. The van der Waals surface area contributed by atoms with Gasteiger partial charge >= 0.3 is 0 Å². The Bertz CT molecular complexity index is 1450. The summed E-state index contributed by atoms with van der Waals surface area (Å²) in [7, 11) is 1.56. The molecule has 0 saturated heterocycles. The van der Waals surface area contributed by atoms with Crippen LogP contribution in [0.2, 0.25) is 0 Å². The molecular weight excluding hydrogens is 457 g/mol. The predicted molar refractivity (Wildman–Crippen MR) is 139 cm³/mol. The van der Waals surface area contributed by atoms with E-state index in [0.717, 1.165) is 18.4 Å². The van der Waals surface area contributed by atoms with Gasteiger partial charge in [0.1, 0.15) is 17.4 Å². The molecule has 1 heterocycles. The fraction of sp³-hybridized carbons (Fsp3) is 0.276. The average Bonchev–Trinajstić information content (AvgIpc) is 2.89. The molecule has 1 atom stereocenters. The second kappa shape index (κ2) is 10.7. The summed E-state index contributed by atoms with van der Waals surface area (Å²) in [5.41, 5.74) is 2.21. The van der Waals surface area contributed by atoms with Gasteiger partial charge in [-0.1, -0.05) is 31.5 Å². The number of aromatic nitrogens is 2. The molecule has 0 spiro atoms. The van der Waals surface area contributed by atoms with E-state index < -0.39 is 11.9 Å². The number of benzene rings is 3. The number of carbonyl (C=O) groups is 1. The standard InChI is InChI=1S/C29H30FN3O3/c1-5-6-17-32(28(34)21-12-14-22(30)15-13-21)20(3)27-31-24-10-8-7-9-23(24)29(35)33(27)25-18-19(2)11-16-26(25)36-4/h7-16,18,20H,5-6,17H2,1-4H3. The summed E-state index contributed by atoms with van der Waals surface area (Å²) in [6, 6.07) is 17.7. The van der Waals surface area contributed by atoms with Crippen molar-refractivity contribution in [1.82, 2.24) is 14.5 Å². The quantitative estimate of drug-likeness (QED) is 0.313. The topological polar surface area (TPSA) is 64.4 Å². The van der Waals surface area contributed by atoms with E-state index in [1.807, 2.05) is 45.0 Å². The molecule has 4 rings (SSSR count). The summed E-state index contributed by atoms with van der Waals surface area (Å²) in [5.74, 6) is 0.296. The molecule has 0 radical (unpaired) electrons. The summed E-state index contributed by atoms with van der Waals surface area (Å²) < 4.78 is 20.7. The van der Waals surface area contributed by atoms with Gasteiger partial charge in [-0.15, -0.1) is 0 Å². The molecule has 1 unspecified atom stereocenters. The van der Waals surface area contributed by atoms with E-state index in [1.165, 1.54) is 24.3 Å². The molecule has 1 aromatic heterocycles. The van der Waals surface area contributed by atoms with Crippen LogP contribution in [0.3, 0.4) is 0 Å². The van der Waals surface area contributed by atoms with Crippen LogP contribution in [-0.4, -0.2) is 34.0 Å². The van der Waals surface area contributed by atoms with Crippen LogP contribution in [0.1, 0.15) is 54.5 Å². The third-order valence-corrected chi connectivity index (χ3v) is 6.32. The predicted octanol–water partition coefficient (Wildman–Crippen LogP) is 5.85. The molecule has 6 nitrogen and oxygen atoms in total. The van der Waals surface area contributed by atoms with E-state index in [2.05, 4.69) is 0 Å². The molecule has 0 saturated carbocycles. The summed E-state index contributed by atoms with van der Waals surface area (Å²) in [6.45, 7) is 6.32. The molecule has 0 aliphatic carbocycles. The Morgan fingerprint density at radius 2 is 1.83 bits per heavy atom. The van der Waals surface area contributed by atoms with E-state index in [-0.39, 0.29) is 11.5 Å². The maximum atomic E-state index is 13.9. The van der Waals surface area contributed by atoms with E-state index in [0.29, 0.717) is 40.3 Å². The third kappa shape index (κ3) is 4.87. The van der Waals surface area contributed by atoms with Crippen LogP contribution in [0.25, 0.3) is 16.6 Å². The highest BCUT2D eigenvalue weighted by atomic mass is 19.1. The van der Waals surface area contributed by atoms with Gasteiger partial charge in [-0.3, -0.25) is 14.2 Å². The maximum Gasteiger partial charge on any atom is 0.266 e. The summed E-state index contributed by atoms with van der Waals surface area (Å²) >= 11 is 0. The number of unbranched alkanes of at least 4 members (excludes halogenated alkanes) is 1. The highest BCUT2D eigenvalue weighted by Gasteiger charge is 2.28. The first-order valence-corrected chi connectivity index (χ1v) is 12.1. The zero-order valence-electron chi connectivity index (χ0n) is 21.0. The first-order valence-electron chi connectivity index (χ1n) is 12.1. The fourth-order valence-corrected chi connectivity index (χ4v) is 4.33. The molecule has 0 fully saturated rings. The van der Waals surface area contributed by atoms with Crippen LogP contribution >= 0.6 is 0 Å². The Kier molecular flexibility index (Phi) is 7.48. The van der Waals surface area contributed by atoms with Gasteiger partial charge in [0, 0.05) is 12.1 Å². The first-order chi connectivity index (χ1) is 17.3. The second-order valence-electron chi connectivity index (χ2n) is 8.84. The van der Waals surface area contributed by atoms with Crippen molar-refractivity contribution in [1.29, 1.82) is 0 Å². The number of ether oxygens (including phenoxy) is 1. The Labute approximate surface area is 210 Å².